The highest BCUT2D eigenvalue weighted by Crippen LogP contribution is 2.29. The summed E-state index contributed by atoms with van der Waals surface area (Å²) < 4.78 is 0. The molecule has 3 nitrogen and oxygen atoms in total. The molecule has 3 rings (SSSR count). The van der Waals surface area contributed by atoms with Crippen molar-refractivity contribution in [3.8, 4) is 0 Å². The Kier molecular flexibility index (Phi) is 6.65. The minimum absolute atomic E-state index is 0.0864. The number of amides is 1. The first kappa shape index (κ1) is 18.2. The Hall–Kier alpha value is -1.65. The molecule has 2 aromatic rings. The Bertz CT molecular complexity index is 699. The van der Waals surface area contributed by atoms with Crippen LogP contribution in [0.3, 0.4) is 0 Å². The fourth-order valence-electron chi connectivity index (χ4n) is 2.98. The first-order valence-electron chi connectivity index (χ1n) is 8.74. The number of rotatable bonds is 7. The van der Waals surface area contributed by atoms with Gasteiger partial charge < -0.3 is 10.2 Å². The van der Waals surface area contributed by atoms with Crippen LogP contribution in [0.4, 0.5) is 11.4 Å². The molecule has 1 aliphatic heterocycles. The molecule has 0 aromatic heterocycles. The summed E-state index contributed by atoms with van der Waals surface area (Å²) in [4.78, 5) is 15.8. The number of para-hydroxylation sites is 2. The number of anilines is 2. The highest BCUT2D eigenvalue weighted by Gasteiger charge is 2.16. The second-order valence-electron chi connectivity index (χ2n) is 6.17. The van der Waals surface area contributed by atoms with E-state index in [1.54, 1.807) is 11.8 Å². The minimum atomic E-state index is 0.0864. The summed E-state index contributed by atoms with van der Waals surface area (Å²) in [5.74, 6) is 1.01. The van der Waals surface area contributed by atoms with E-state index in [4.69, 9.17) is 11.6 Å². The van der Waals surface area contributed by atoms with Gasteiger partial charge in [-0.1, -0.05) is 23.7 Å². The first-order chi connectivity index (χ1) is 12.2. The maximum atomic E-state index is 12.3. The molecule has 1 heterocycles. The van der Waals surface area contributed by atoms with Gasteiger partial charge in [0.25, 0.3) is 0 Å². The number of benzene rings is 2. The van der Waals surface area contributed by atoms with Gasteiger partial charge in [-0.2, -0.15) is 0 Å². The average molecular weight is 375 g/mol. The number of nitrogens with zero attached hydrogens (tertiary/aromatic N) is 1. The largest absolute Gasteiger partial charge is 0.370 e. The zero-order valence-corrected chi connectivity index (χ0v) is 15.8. The lowest BCUT2D eigenvalue weighted by atomic mass is 10.2. The van der Waals surface area contributed by atoms with Gasteiger partial charge in [0, 0.05) is 29.4 Å². The highest BCUT2D eigenvalue weighted by atomic mass is 35.5. The summed E-state index contributed by atoms with van der Waals surface area (Å²) in [6.07, 6.45) is 3.84. The molecule has 1 amide bonds. The lowest BCUT2D eigenvalue weighted by Crippen LogP contribution is -2.21. The van der Waals surface area contributed by atoms with Crippen molar-refractivity contribution in [1.29, 1.82) is 0 Å². The van der Waals surface area contributed by atoms with Crippen LogP contribution in [0.1, 0.15) is 25.7 Å². The third-order valence-electron chi connectivity index (χ3n) is 4.26. The van der Waals surface area contributed by atoms with Crippen molar-refractivity contribution < 1.29 is 4.79 Å². The molecule has 0 spiro atoms. The minimum Gasteiger partial charge on any atom is -0.370 e. The van der Waals surface area contributed by atoms with E-state index in [0.717, 1.165) is 41.7 Å². The molecule has 1 N–H and O–H groups in total. The van der Waals surface area contributed by atoms with E-state index >= 15 is 0 Å². The number of carbonyl (C=O) groups excluding carboxylic acids is 1. The molecule has 0 bridgehead atoms. The van der Waals surface area contributed by atoms with Crippen LogP contribution in [0, 0.1) is 0 Å². The lowest BCUT2D eigenvalue weighted by Gasteiger charge is -2.21. The van der Waals surface area contributed by atoms with Gasteiger partial charge in [-0.05, 0) is 61.4 Å². The topological polar surface area (TPSA) is 32.3 Å². The molecule has 1 aliphatic rings. The highest BCUT2D eigenvalue weighted by molar-refractivity contribution is 7.99. The van der Waals surface area contributed by atoms with Gasteiger partial charge in [0.05, 0.1) is 11.4 Å². The predicted octanol–water partition coefficient (Wildman–Crippen LogP) is 5.45. The fraction of sp³-hybridized carbons (Fsp3) is 0.350. The zero-order chi connectivity index (χ0) is 17.5. The summed E-state index contributed by atoms with van der Waals surface area (Å²) in [5, 5.41) is 3.84. The van der Waals surface area contributed by atoms with Crippen LogP contribution in [0.15, 0.2) is 53.4 Å². The monoisotopic (exact) mass is 374 g/mol. The number of carbonyl (C=O) groups is 1. The van der Waals surface area contributed by atoms with Crippen LogP contribution in [0.5, 0.6) is 0 Å². The molecule has 0 saturated carbocycles. The van der Waals surface area contributed by atoms with E-state index in [9.17, 15) is 4.79 Å². The zero-order valence-electron chi connectivity index (χ0n) is 14.2. The molecular weight excluding hydrogens is 352 g/mol. The maximum absolute atomic E-state index is 12.3. The van der Waals surface area contributed by atoms with E-state index in [1.165, 1.54) is 17.7 Å². The lowest BCUT2D eigenvalue weighted by molar-refractivity contribution is -0.116. The molecule has 1 saturated heterocycles. The summed E-state index contributed by atoms with van der Waals surface area (Å²) in [7, 11) is 0. The van der Waals surface area contributed by atoms with Gasteiger partial charge in [-0.3, -0.25) is 4.79 Å². The van der Waals surface area contributed by atoms with Crippen molar-refractivity contribution in [2.75, 3.05) is 29.1 Å². The van der Waals surface area contributed by atoms with Crippen LogP contribution in [-0.4, -0.2) is 24.7 Å². The number of nitrogens with one attached hydrogen (secondary N) is 1. The molecular formula is C20H23ClN2OS. The van der Waals surface area contributed by atoms with Gasteiger partial charge in [0.2, 0.25) is 5.91 Å². The van der Waals surface area contributed by atoms with Crippen LogP contribution >= 0.6 is 23.4 Å². The summed E-state index contributed by atoms with van der Waals surface area (Å²) >= 11 is 7.64. The van der Waals surface area contributed by atoms with Gasteiger partial charge in [0.15, 0.2) is 0 Å². The van der Waals surface area contributed by atoms with Crippen LogP contribution in [0.2, 0.25) is 5.02 Å². The molecule has 0 unspecified atom stereocenters. The maximum Gasteiger partial charge on any atom is 0.224 e. The summed E-state index contributed by atoms with van der Waals surface area (Å²) in [6, 6.07) is 15.9. The quantitative estimate of drug-likeness (QED) is 0.516. The number of thioether (sulfide) groups is 1. The van der Waals surface area contributed by atoms with Crippen LogP contribution < -0.4 is 10.2 Å². The van der Waals surface area contributed by atoms with Crippen LogP contribution in [0.25, 0.3) is 0 Å². The second kappa shape index (κ2) is 9.16. The molecule has 5 heteroatoms. The molecule has 0 aliphatic carbocycles. The summed E-state index contributed by atoms with van der Waals surface area (Å²) in [6.45, 7) is 2.15. The van der Waals surface area contributed by atoms with E-state index < -0.39 is 0 Å². The van der Waals surface area contributed by atoms with Crippen molar-refractivity contribution in [2.24, 2.45) is 0 Å². The molecule has 1 fully saturated rings. The third kappa shape index (κ3) is 5.41. The van der Waals surface area contributed by atoms with Gasteiger partial charge >= 0.3 is 0 Å². The van der Waals surface area contributed by atoms with E-state index in [0.29, 0.717) is 6.42 Å². The van der Waals surface area contributed by atoms with E-state index in [1.807, 2.05) is 42.5 Å². The average Bonchev–Trinajstić information content (AvgIpc) is 3.15. The molecule has 0 radical (unpaired) electrons. The predicted molar refractivity (Wildman–Crippen MR) is 108 cm³/mol. The van der Waals surface area contributed by atoms with Gasteiger partial charge in [0.1, 0.15) is 0 Å². The number of halogens is 1. The second-order valence-corrected chi connectivity index (χ2v) is 7.77. The van der Waals surface area contributed by atoms with Gasteiger partial charge in [-0.25, -0.2) is 0 Å². The van der Waals surface area contributed by atoms with Crippen molar-refractivity contribution in [3.05, 3.63) is 53.6 Å². The van der Waals surface area contributed by atoms with Crippen molar-refractivity contribution in [3.63, 3.8) is 0 Å². The van der Waals surface area contributed by atoms with Crippen molar-refractivity contribution in [1.82, 2.24) is 0 Å². The first-order valence-corrected chi connectivity index (χ1v) is 10.1. The Morgan fingerprint density at radius 3 is 2.56 bits per heavy atom. The normalized spacial score (nSPS) is 13.9. The summed E-state index contributed by atoms with van der Waals surface area (Å²) in [5.41, 5.74) is 2.07. The van der Waals surface area contributed by atoms with Gasteiger partial charge in [-0.15, -0.1) is 11.8 Å². The van der Waals surface area contributed by atoms with Crippen LogP contribution in [-0.2, 0) is 4.79 Å². The Labute approximate surface area is 158 Å². The molecule has 0 atom stereocenters. The fourth-order valence-corrected chi connectivity index (χ4v) is 3.96. The number of hydrogen-bond acceptors (Lipinski definition) is 3. The Morgan fingerprint density at radius 2 is 1.80 bits per heavy atom. The third-order valence-corrected chi connectivity index (χ3v) is 5.61. The Morgan fingerprint density at radius 1 is 1.08 bits per heavy atom. The number of hydrogen-bond donors (Lipinski definition) is 1. The molecule has 25 heavy (non-hydrogen) atoms. The molecule has 132 valence electrons. The SMILES string of the molecule is O=C(CCCSc1ccc(Cl)cc1)Nc1ccccc1N1CCCC1. The Balaban J connectivity index is 1.45. The van der Waals surface area contributed by atoms with E-state index in [2.05, 4.69) is 16.3 Å². The smallest absolute Gasteiger partial charge is 0.224 e. The molecule has 2 aromatic carbocycles. The standard InChI is InChI=1S/C20H23ClN2OS/c21-16-9-11-17(12-10-16)25-15-5-8-20(24)22-18-6-1-2-7-19(18)23-13-3-4-14-23/h1-2,6-7,9-12H,3-5,8,13-15H2,(H,22,24). The van der Waals surface area contributed by atoms with Crippen molar-refractivity contribution in [2.45, 2.75) is 30.6 Å². The van der Waals surface area contributed by atoms with E-state index in [-0.39, 0.29) is 5.91 Å². The van der Waals surface area contributed by atoms with Crippen molar-refractivity contribution >= 4 is 40.6 Å².